The minimum absolute atomic E-state index is 0.171. The third-order valence-electron chi connectivity index (χ3n) is 6.12. The number of fused-ring (bicyclic) bond motifs is 1. The van der Waals surface area contributed by atoms with Crippen LogP contribution in [0.25, 0.3) is 28.1 Å². The summed E-state index contributed by atoms with van der Waals surface area (Å²) in [4.78, 5) is 23.2. The molecule has 8 nitrogen and oxygen atoms in total. The van der Waals surface area contributed by atoms with Crippen molar-refractivity contribution >= 4 is 28.3 Å². The summed E-state index contributed by atoms with van der Waals surface area (Å²) < 4.78 is 7.16. The fraction of sp³-hybridized carbons (Fsp3) is 0.148. The molecule has 6 rings (SSSR count). The van der Waals surface area contributed by atoms with Gasteiger partial charge in [-0.25, -0.2) is 9.67 Å². The number of hydrogen-bond acceptors (Lipinski definition) is 5. The molecule has 35 heavy (non-hydrogen) atoms. The van der Waals surface area contributed by atoms with Crippen LogP contribution >= 0.6 is 0 Å². The van der Waals surface area contributed by atoms with Crippen LogP contribution in [-0.2, 0) is 4.74 Å². The van der Waals surface area contributed by atoms with Crippen LogP contribution in [0.2, 0.25) is 0 Å². The van der Waals surface area contributed by atoms with Gasteiger partial charge in [0.05, 0.1) is 41.7 Å². The molecule has 5 aromatic rings. The molecule has 3 heterocycles. The standard InChI is InChI=1S/C27H24N6O2/c34-27(29-21-8-10-22(11-9-21)32-12-14-35-15-13-32)19-4-3-5-23(16-19)33-18-20(17-28-33)26-30-24-6-1-2-7-25(24)31-26/h1-11,16-18H,12-15H2,(H,29,34)(H,30,31). The second kappa shape index (κ2) is 9.08. The molecule has 1 saturated heterocycles. The van der Waals surface area contributed by atoms with Crippen molar-refractivity contribution in [3.8, 4) is 17.1 Å². The molecule has 2 N–H and O–H groups in total. The van der Waals surface area contributed by atoms with Crippen LogP contribution in [0.15, 0.2) is 85.2 Å². The smallest absolute Gasteiger partial charge is 0.255 e. The number of carbonyl (C=O) groups is 1. The molecule has 1 fully saturated rings. The Morgan fingerprint density at radius 1 is 0.943 bits per heavy atom. The number of amides is 1. The topological polar surface area (TPSA) is 88.1 Å². The molecule has 0 bridgehead atoms. The van der Waals surface area contributed by atoms with Gasteiger partial charge in [-0.05, 0) is 54.6 Å². The number of nitrogens with zero attached hydrogens (tertiary/aromatic N) is 4. The number of nitrogens with one attached hydrogen (secondary N) is 2. The van der Waals surface area contributed by atoms with E-state index in [2.05, 4.69) is 25.3 Å². The SMILES string of the molecule is O=C(Nc1ccc(N2CCOCC2)cc1)c1cccc(-n2cc(-c3nc4ccccc4[nH]3)cn2)c1. The fourth-order valence-corrected chi connectivity index (χ4v) is 4.25. The third-order valence-corrected chi connectivity index (χ3v) is 6.12. The average molecular weight is 465 g/mol. The number of para-hydroxylation sites is 2. The first-order valence-corrected chi connectivity index (χ1v) is 11.6. The zero-order valence-electron chi connectivity index (χ0n) is 19.0. The lowest BCUT2D eigenvalue weighted by molar-refractivity contribution is 0.102. The highest BCUT2D eigenvalue weighted by atomic mass is 16.5. The maximum absolute atomic E-state index is 12.9. The predicted molar refractivity (Wildman–Crippen MR) is 136 cm³/mol. The monoisotopic (exact) mass is 464 g/mol. The molecule has 0 saturated carbocycles. The molecular formula is C27H24N6O2. The number of H-pyrrole nitrogens is 1. The Bertz CT molecular complexity index is 1450. The third kappa shape index (κ3) is 4.39. The summed E-state index contributed by atoms with van der Waals surface area (Å²) >= 11 is 0. The maximum Gasteiger partial charge on any atom is 0.255 e. The van der Waals surface area contributed by atoms with E-state index >= 15 is 0 Å². The number of hydrogen-bond donors (Lipinski definition) is 2. The Morgan fingerprint density at radius 2 is 1.77 bits per heavy atom. The van der Waals surface area contributed by atoms with Crippen molar-refractivity contribution in [2.45, 2.75) is 0 Å². The van der Waals surface area contributed by atoms with Gasteiger partial charge in [0.1, 0.15) is 5.82 Å². The van der Waals surface area contributed by atoms with Crippen LogP contribution in [0.1, 0.15) is 10.4 Å². The first kappa shape index (κ1) is 21.1. The molecule has 0 aliphatic carbocycles. The van der Waals surface area contributed by atoms with E-state index in [9.17, 15) is 4.79 Å². The Hall–Kier alpha value is -4.43. The molecular weight excluding hydrogens is 440 g/mol. The van der Waals surface area contributed by atoms with E-state index in [0.717, 1.165) is 65.8 Å². The first-order valence-electron chi connectivity index (χ1n) is 11.6. The second-order valence-corrected chi connectivity index (χ2v) is 8.43. The fourth-order valence-electron chi connectivity index (χ4n) is 4.25. The number of anilines is 2. The molecule has 2 aromatic heterocycles. The normalized spacial score (nSPS) is 13.8. The lowest BCUT2D eigenvalue weighted by Gasteiger charge is -2.28. The van der Waals surface area contributed by atoms with Gasteiger partial charge in [-0.1, -0.05) is 18.2 Å². The van der Waals surface area contributed by atoms with Gasteiger partial charge < -0.3 is 19.9 Å². The Kier molecular flexibility index (Phi) is 5.48. The van der Waals surface area contributed by atoms with E-state index in [1.165, 1.54) is 0 Å². The molecule has 8 heteroatoms. The molecule has 3 aromatic carbocycles. The van der Waals surface area contributed by atoms with Gasteiger partial charge in [-0.15, -0.1) is 0 Å². The van der Waals surface area contributed by atoms with E-state index in [0.29, 0.717) is 5.56 Å². The Labute approximate surface area is 202 Å². The second-order valence-electron chi connectivity index (χ2n) is 8.43. The van der Waals surface area contributed by atoms with Gasteiger partial charge in [0.15, 0.2) is 0 Å². The first-order chi connectivity index (χ1) is 17.2. The van der Waals surface area contributed by atoms with Gasteiger partial charge in [-0.2, -0.15) is 5.10 Å². The van der Waals surface area contributed by atoms with Crippen LogP contribution in [0.3, 0.4) is 0 Å². The Morgan fingerprint density at radius 3 is 2.60 bits per heavy atom. The summed E-state index contributed by atoms with van der Waals surface area (Å²) in [6.07, 6.45) is 3.67. The van der Waals surface area contributed by atoms with Crippen molar-refractivity contribution < 1.29 is 9.53 Å². The summed E-state index contributed by atoms with van der Waals surface area (Å²) in [5.41, 5.74) is 5.99. The molecule has 174 valence electrons. The molecule has 1 aliphatic heterocycles. The number of aromatic nitrogens is 4. The van der Waals surface area contributed by atoms with Gasteiger partial charge in [0, 0.05) is 36.2 Å². The molecule has 1 amide bonds. The van der Waals surface area contributed by atoms with E-state index < -0.39 is 0 Å². The number of morpholine rings is 1. The lowest BCUT2D eigenvalue weighted by atomic mass is 10.1. The highest BCUT2D eigenvalue weighted by Crippen LogP contribution is 2.22. The van der Waals surface area contributed by atoms with Crippen LogP contribution in [0, 0.1) is 0 Å². The van der Waals surface area contributed by atoms with Crippen molar-refractivity contribution in [1.82, 2.24) is 19.7 Å². The maximum atomic E-state index is 12.9. The van der Waals surface area contributed by atoms with Crippen molar-refractivity contribution in [3.05, 3.63) is 90.8 Å². The molecule has 1 aliphatic rings. The van der Waals surface area contributed by atoms with Crippen molar-refractivity contribution in [2.75, 3.05) is 36.5 Å². The Balaban J connectivity index is 1.17. The van der Waals surface area contributed by atoms with Crippen molar-refractivity contribution in [1.29, 1.82) is 0 Å². The van der Waals surface area contributed by atoms with Crippen molar-refractivity contribution in [2.24, 2.45) is 0 Å². The number of benzene rings is 3. The minimum atomic E-state index is -0.171. The van der Waals surface area contributed by atoms with E-state index in [4.69, 9.17) is 4.74 Å². The minimum Gasteiger partial charge on any atom is -0.378 e. The molecule has 0 atom stereocenters. The summed E-state index contributed by atoms with van der Waals surface area (Å²) in [5.74, 6) is 0.586. The zero-order valence-corrected chi connectivity index (χ0v) is 19.0. The highest BCUT2D eigenvalue weighted by molar-refractivity contribution is 6.04. The molecule has 0 unspecified atom stereocenters. The summed E-state index contributed by atoms with van der Waals surface area (Å²) in [7, 11) is 0. The van der Waals surface area contributed by atoms with Gasteiger partial charge in [0.25, 0.3) is 5.91 Å². The molecule has 0 radical (unpaired) electrons. The van der Waals surface area contributed by atoms with Crippen molar-refractivity contribution in [3.63, 3.8) is 0 Å². The summed E-state index contributed by atoms with van der Waals surface area (Å²) in [5, 5.41) is 7.47. The number of imidazole rings is 1. The van der Waals surface area contributed by atoms with Crippen LogP contribution in [-0.4, -0.2) is 52.0 Å². The van der Waals surface area contributed by atoms with E-state index in [-0.39, 0.29) is 5.91 Å². The summed E-state index contributed by atoms with van der Waals surface area (Å²) in [6, 6.07) is 23.2. The van der Waals surface area contributed by atoms with Gasteiger partial charge in [-0.3, -0.25) is 4.79 Å². The van der Waals surface area contributed by atoms with E-state index in [1.54, 1.807) is 16.9 Å². The number of ether oxygens (including phenoxy) is 1. The largest absolute Gasteiger partial charge is 0.378 e. The van der Waals surface area contributed by atoms with Crippen LogP contribution in [0.5, 0.6) is 0 Å². The van der Waals surface area contributed by atoms with Gasteiger partial charge >= 0.3 is 0 Å². The summed E-state index contributed by atoms with van der Waals surface area (Å²) in [6.45, 7) is 3.24. The number of aromatic amines is 1. The molecule has 0 spiro atoms. The average Bonchev–Trinajstić information content (AvgIpc) is 3.57. The predicted octanol–water partition coefficient (Wildman–Crippen LogP) is 4.50. The van der Waals surface area contributed by atoms with Crippen LogP contribution in [0.4, 0.5) is 11.4 Å². The van der Waals surface area contributed by atoms with E-state index in [1.807, 2.05) is 72.9 Å². The zero-order chi connectivity index (χ0) is 23.6. The number of carbonyl (C=O) groups excluding carboxylic acids is 1. The van der Waals surface area contributed by atoms with Crippen LogP contribution < -0.4 is 10.2 Å². The lowest BCUT2D eigenvalue weighted by Crippen LogP contribution is -2.36. The quantitative estimate of drug-likeness (QED) is 0.400. The van der Waals surface area contributed by atoms with Gasteiger partial charge in [0.2, 0.25) is 0 Å². The highest BCUT2D eigenvalue weighted by Gasteiger charge is 2.13. The number of rotatable bonds is 5.